The summed E-state index contributed by atoms with van der Waals surface area (Å²) in [6.07, 6.45) is 2.78. The quantitative estimate of drug-likeness (QED) is 0.131. The molecule has 5 rings (SSSR count). The number of carbonyl (C=O) groups excluding carboxylic acids is 4. The molecule has 0 saturated carbocycles. The number of nitrogens with zero attached hydrogens (tertiary/aromatic N) is 3. The minimum atomic E-state index is -0.856. The molecular formula is C43H61N7O6S. The molecule has 0 spiro atoms. The first-order valence-corrected chi connectivity index (χ1v) is 21.0. The van der Waals surface area contributed by atoms with Crippen LogP contribution in [0.4, 0.5) is 5.69 Å². The Labute approximate surface area is 340 Å². The minimum Gasteiger partial charge on any atom is -0.391 e. The van der Waals surface area contributed by atoms with Crippen LogP contribution in [-0.4, -0.2) is 88.6 Å². The van der Waals surface area contributed by atoms with Gasteiger partial charge in [0.05, 0.1) is 34.9 Å². The maximum Gasteiger partial charge on any atom is 0.246 e. The van der Waals surface area contributed by atoms with Crippen LogP contribution >= 0.6 is 11.3 Å². The van der Waals surface area contributed by atoms with Gasteiger partial charge in [0.15, 0.2) is 0 Å². The summed E-state index contributed by atoms with van der Waals surface area (Å²) in [6, 6.07) is 14.3. The molecule has 57 heavy (non-hydrogen) atoms. The van der Waals surface area contributed by atoms with Crippen molar-refractivity contribution in [2.75, 3.05) is 24.5 Å². The molecule has 13 nitrogen and oxygen atoms in total. The molecule has 0 radical (unpaired) electrons. The summed E-state index contributed by atoms with van der Waals surface area (Å²) in [5.74, 6) is -0.858. The topological polar surface area (TPSA) is 193 Å². The molecule has 2 aliphatic rings. The summed E-state index contributed by atoms with van der Waals surface area (Å²) in [6.45, 7) is 12.1. The highest BCUT2D eigenvalue weighted by atomic mass is 32.1. The molecule has 3 heterocycles. The second-order valence-electron chi connectivity index (χ2n) is 16.8. The number of hydrogen-bond acceptors (Lipinski definition) is 10. The third kappa shape index (κ3) is 12.3. The summed E-state index contributed by atoms with van der Waals surface area (Å²) < 4.78 is 5.93. The number of aliphatic hydroxyl groups excluding tert-OH is 1. The number of primary amides is 1. The van der Waals surface area contributed by atoms with Crippen LogP contribution in [0, 0.1) is 18.3 Å². The van der Waals surface area contributed by atoms with Crippen molar-refractivity contribution in [1.29, 1.82) is 0 Å². The number of benzene rings is 2. The molecule has 2 saturated heterocycles. The van der Waals surface area contributed by atoms with E-state index in [1.807, 2.05) is 64.4 Å². The van der Waals surface area contributed by atoms with E-state index >= 15 is 0 Å². The summed E-state index contributed by atoms with van der Waals surface area (Å²) in [5.41, 5.74) is 17.7. The van der Waals surface area contributed by atoms with Gasteiger partial charge in [0.2, 0.25) is 23.6 Å². The number of anilines is 1. The van der Waals surface area contributed by atoms with Crippen molar-refractivity contribution >= 4 is 40.7 Å². The van der Waals surface area contributed by atoms with Crippen LogP contribution in [0.25, 0.3) is 10.4 Å². The third-order valence-corrected chi connectivity index (χ3v) is 12.2. The first-order chi connectivity index (χ1) is 27.1. The molecule has 5 atom stereocenters. The van der Waals surface area contributed by atoms with Gasteiger partial charge in [0.1, 0.15) is 12.1 Å². The Kier molecular flexibility index (Phi) is 15.2. The first-order valence-electron chi connectivity index (χ1n) is 20.1. The molecule has 310 valence electrons. The Bertz CT molecular complexity index is 1800. The number of nitrogens with one attached hydrogen (secondary N) is 2. The molecule has 0 aliphatic carbocycles. The minimum absolute atomic E-state index is 0.0327. The maximum absolute atomic E-state index is 14.1. The van der Waals surface area contributed by atoms with E-state index in [0.717, 1.165) is 65.3 Å². The fourth-order valence-corrected chi connectivity index (χ4v) is 8.34. The van der Waals surface area contributed by atoms with Crippen molar-refractivity contribution in [1.82, 2.24) is 20.5 Å². The molecule has 4 amide bonds. The number of rotatable bonds is 17. The van der Waals surface area contributed by atoms with Crippen LogP contribution in [0.1, 0.15) is 89.5 Å². The highest BCUT2D eigenvalue weighted by Gasteiger charge is 2.44. The predicted molar refractivity (Wildman–Crippen MR) is 223 cm³/mol. The molecule has 0 unspecified atom stereocenters. The van der Waals surface area contributed by atoms with Crippen molar-refractivity contribution in [2.24, 2.45) is 22.8 Å². The van der Waals surface area contributed by atoms with Gasteiger partial charge >= 0.3 is 0 Å². The lowest BCUT2D eigenvalue weighted by Crippen LogP contribution is -2.57. The molecule has 7 N–H and O–H groups in total. The van der Waals surface area contributed by atoms with Crippen LogP contribution < -0.4 is 27.0 Å². The molecule has 0 bridgehead atoms. The van der Waals surface area contributed by atoms with Gasteiger partial charge in [-0.15, -0.1) is 11.3 Å². The number of likely N-dealkylation sites (tertiary alicyclic amines) is 1. The Morgan fingerprint density at radius 1 is 1.02 bits per heavy atom. The number of hydrogen-bond donors (Lipinski definition) is 5. The number of aliphatic hydroxyl groups is 1. The van der Waals surface area contributed by atoms with Crippen LogP contribution in [-0.2, 0) is 37.1 Å². The van der Waals surface area contributed by atoms with Crippen LogP contribution in [0.2, 0.25) is 0 Å². The van der Waals surface area contributed by atoms with E-state index in [9.17, 15) is 24.3 Å². The number of amides is 4. The van der Waals surface area contributed by atoms with Crippen molar-refractivity contribution in [3.8, 4) is 10.4 Å². The highest BCUT2D eigenvalue weighted by Crippen LogP contribution is 2.30. The molecule has 2 fully saturated rings. The molecule has 1 aromatic heterocycles. The van der Waals surface area contributed by atoms with Crippen LogP contribution in [0.15, 0.2) is 54.0 Å². The molecule has 3 aromatic rings. The van der Waals surface area contributed by atoms with Gasteiger partial charge in [-0.3, -0.25) is 19.2 Å². The Morgan fingerprint density at radius 2 is 1.68 bits per heavy atom. The van der Waals surface area contributed by atoms with Crippen molar-refractivity contribution < 1.29 is 29.0 Å². The van der Waals surface area contributed by atoms with Gasteiger partial charge in [-0.25, -0.2) is 4.98 Å². The summed E-state index contributed by atoms with van der Waals surface area (Å²) in [7, 11) is 0. The number of β-amino-alcohol motifs (C(OH)–C–C–N with tert-alkyl or cyclic N) is 1. The smallest absolute Gasteiger partial charge is 0.246 e. The van der Waals surface area contributed by atoms with E-state index in [4.69, 9.17) is 16.2 Å². The third-order valence-electron chi connectivity index (χ3n) is 11.2. The molecular weight excluding hydrogens is 743 g/mol. The monoisotopic (exact) mass is 803 g/mol. The Morgan fingerprint density at radius 3 is 2.30 bits per heavy atom. The number of ether oxygens (including phenoxy) is 1. The van der Waals surface area contributed by atoms with E-state index in [1.165, 1.54) is 4.90 Å². The van der Waals surface area contributed by atoms with Gasteiger partial charge < -0.3 is 41.7 Å². The predicted octanol–water partition coefficient (Wildman–Crippen LogP) is 4.42. The number of piperidine rings is 1. The zero-order valence-electron chi connectivity index (χ0n) is 34.0. The van der Waals surface area contributed by atoms with Crippen LogP contribution in [0.5, 0.6) is 0 Å². The lowest BCUT2D eigenvalue weighted by Gasteiger charge is -2.36. The average molecular weight is 804 g/mol. The van der Waals surface area contributed by atoms with Gasteiger partial charge in [-0.2, -0.15) is 0 Å². The maximum atomic E-state index is 14.1. The normalized spacial score (nSPS) is 19.2. The second-order valence-corrected chi connectivity index (χ2v) is 17.6. The van der Waals surface area contributed by atoms with E-state index in [1.54, 1.807) is 11.3 Å². The number of aromatic nitrogens is 1. The van der Waals surface area contributed by atoms with Crippen molar-refractivity contribution in [2.45, 2.75) is 123 Å². The zero-order valence-corrected chi connectivity index (χ0v) is 34.9. The van der Waals surface area contributed by atoms with Gasteiger partial charge in [-0.1, -0.05) is 57.2 Å². The van der Waals surface area contributed by atoms with Gasteiger partial charge in [0, 0.05) is 57.2 Å². The largest absolute Gasteiger partial charge is 0.391 e. The fourth-order valence-electron chi connectivity index (χ4n) is 7.53. The van der Waals surface area contributed by atoms with E-state index < -0.39 is 23.6 Å². The molecule has 2 aliphatic heterocycles. The van der Waals surface area contributed by atoms with Crippen LogP contribution in [0.3, 0.4) is 0 Å². The Hall–Kier alpha value is -4.37. The number of aryl methyl sites for hydroxylation is 1. The fraction of sp³-hybridized carbons (Fsp3) is 0.558. The SMILES string of the molecule is Cc1ncsc1-c1ccc(CNC(=O)[C@@H]2C[C@@H](O)CN2C(=O)[C@@H](NC(=O)CCC2CCN(c3ccc(CO[C@H](C)[C@@H](N)CCC(N)=O)cc3)CC2)C(C)(C)C)cc1. The highest BCUT2D eigenvalue weighted by molar-refractivity contribution is 7.13. The van der Waals surface area contributed by atoms with E-state index in [2.05, 4.69) is 44.8 Å². The number of nitrogens with two attached hydrogens (primary N) is 2. The van der Waals surface area contributed by atoms with Gasteiger partial charge in [0.25, 0.3) is 0 Å². The van der Waals surface area contributed by atoms with E-state index in [0.29, 0.717) is 25.4 Å². The number of carbonyl (C=O) groups is 4. The lowest BCUT2D eigenvalue weighted by molar-refractivity contribution is -0.144. The van der Waals surface area contributed by atoms with Gasteiger partial charge in [-0.05, 0) is 79.7 Å². The zero-order chi connectivity index (χ0) is 41.3. The van der Waals surface area contributed by atoms with Crippen molar-refractivity contribution in [3.05, 3.63) is 70.9 Å². The molecule has 14 heteroatoms. The number of thiazole rings is 1. The summed E-state index contributed by atoms with van der Waals surface area (Å²) in [4.78, 5) is 61.1. The molecule has 2 aromatic carbocycles. The Balaban J connectivity index is 1.07. The van der Waals surface area contributed by atoms with Crippen molar-refractivity contribution in [3.63, 3.8) is 0 Å². The first kappa shape index (κ1) is 43.7. The lowest BCUT2D eigenvalue weighted by atomic mass is 9.85. The average Bonchev–Trinajstić information content (AvgIpc) is 3.81. The summed E-state index contributed by atoms with van der Waals surface area (Å²) in [5, 5.41) is 16.6. The standard InChI is InChI=1S/C43H61N7O6S/c1-27-39(57-26-47-27)32-11-6-30(7-12-32)23-46-41(54)36-22-34(51)24-50(36)42(55)40(43(3,4)5)48-38(53)17-10-29-18-20-49(21-19-29)33-13-8-31(9-14-33)25-56-28(2)35(44)15-16-37(45)52/h6-9,11-14,26,28-29,34-36,40,51H,10,15-25,44H2,1-5H3,(H2,45,52)(H,46,54)(H,48,53)/t28-,34-,35+,36+,40-/m1/s1. The second kappa shape index (κ2) is 19.9. The van der Waals surface area contributed by atoms with E-state index in [-0.39, 0.29) is 61.7 Å². The summed E-state index contributed by atoms with van der Waals surface area (Å²) >= 11 is 1.58.